The fourth-order valence-electron chi connectivity index (χ4n) is 0.976. The lowest BCUT2D eigenvalue weighted by Gasteiger charge is -2.15. The lowest BCUT2D eigenvalue weighted by molar-refractivity contribution is -0.117. The lowest BCUT2D eigenvalue weighted by atomic mass is 10.3. The maximum Gasteiger partial charge on any atom is 0.226 e. The van der Waals surface area contributed by atoms with Crippen molar-refractivity contribution in [1.29, 1.82) is 0 Å². The van der Waals surface area contributed by atoms with Gasteiger partial charge in [-0.15, -0.1) is 0 Å². The maximum atomic E-state index is 11.2. The van der Waals surface area contributed by atoms with Gasteiger partial charge < -0.3 is 4.90 Å². The van der Waals surface area contributed by atoms with Gasteiger partial charge in [0.2, 0.25) is 5.91 Å². The first-order valence-electron chi connectivity index (χ1n) is 3.96. The SMILES string of the molecule is [CH2]CC(=O)N(C)c1ccc(Cl)cc1. The van der Waals surface area contributed by atoms with Crippen LogP contribution in [0.1, 0.15) is 6.42 Å². The molecule has 0 unspecified atom stereocenters. The summed E-state index contributed by atoms with van der Waals surface area (Å²) in [6.07, 6.45) is 0.263. The van der Waals surface area contributed by atoms with Crippen molar-refractivity contribution >= 4 is 23.2 Å². The quantitative estimate of drug-likeness (QED) is 0.712. The van der Waals surface area contributed by atoms with Crippen LogP contribution in [0.15, 0.2) is 24.3 Å². The highest BCUT2D eigenvalue weighted by molar-refractivity contribution is 6.30. The highest BCUT2D eigenvalue weighted by atomic mass is 35.5. The molecule has 1 amide bonds. The Hall–Kier alpha value is -1.02. The minimum Gasteiger partial charge on any atom is -0.316 e. The summed E-state index contributed by atoms with van der Waals surface area (Å²) >= 11 is 5.71. The second kappa shape index (κ2) is 4.28. The summed E-state index contributed by atoms with van der Waals surface area (Å²) in [6.45, 7) is 3.53. The van der Waals surface area contributed by atoms with Gasteiger partial charge in [0.1, 0.15) is 0 Å². The number of rotatable bonds is 2. The van der Waals surface area contributed by atoms with Crippen molar-refractivity contribution < 1.29 is 4.79 Å². The average molecular weight is 197 g/mol. The molecule has 0 aliphatic rings. The molecule has 1 aromatic carbocycles. The van der Waals surface area contributed by atoms with Gasteiger partial charge in [-0.05, 0) is 31.2 Å². The molecule has 2 nitrogen and oxygen atoms in total. The van der Waals surface area contributed by atoms with E-state index in [2.05, 4.69) is 6.92 Å². The number of hydrogen-bond acceptors (Lipinski definition) is 1. The molecular formula is C10H11ClNO. The Morgan fingerprint density at radius 2 is 2.00 bits per heavy atom. The molecule has 69 valence electrons. The Morgan fingerprint density at radius 1 is 1.46 bits per heavy atom. The third-order valence-electron chi connectivity index (χ3n) is 1.80. The minimum absolute atomic E-state index is 0.0117. The molecular weight excluding hydrogens is 186 g/mol. The van der Waals surface area contributed by atoms with Gasteiger partial charge in [0.15, 0.2) is 0 Å². The van der Waals surface area contributed by atoms with E-state index in [1.54, 1.807) is 36.2 Å². The fourth-order valence-corrected chi connectivity index (χ4v) is 1.10. The molecule has 0 saturated heterocycles. The van der Waals surface area contributed by atoms with Crippen LogP contribution < -0.4 is 4.90 Å². The first-order chi connectivity index (χ1) is 6.15. The summed E-state index contributed by atoms with van der Waals surface area (Å²) in [5, 5.41) is 0.666. The van der Waals surface area contributed by atoms with Crippen LogP contribution >= 0.6 is 11.6 Å². The second-order valence-electron chi connectivity index (χ2n) is 2.68. The van der Waals surface area contributed by atoms with Gasteiger partial charge in [0, 0.05) is 24.2 Å². The number of hydrogen-bond donors (Lipinski definition) is 0. The molecule has 1 radical (unpaired) electrons. The van der Waals surface area contributed by atoms with E-state index in [1.807, 2.05) is 0 Å². The first kappa shape index (κ1) is 10.1. The van der Waals surface area contributed by atoms with Crippen LogP contribution in [0.5, 0.6) is 0 Å². The molecule has 3 heteroatoms. The molecule has 0 aliphatic heterocycles. The highest BCUT2D eigenvalue weighted by Gasteiger charge is 2.07. The molecule has 0 bridgehead atoms. The molecule has 0 N–H and O–H groups in total. The topological polar surface area (TPSA) is 20.3 Å². The first-order valence-corrected chi connectivity index (χ1v) is 4.34. The molecule has 0 heterocycles. The number of amides is 1. The minimum atomic E-state index is -0.0117. The zero-order valence-corrected chi connectivity index (χ0v) is 8.21. The molecule has 0 atom stereocenters. The number of halogens is 1. The summed E-state index contributed by atoms with van der Waals surface area (Å²) in [7, 11) is 1.72. The largest absolute Gasteiger partial charge is 0.316 e. The molecule has 0 aliphatic carbocycles. The maximum absolute atomic E-state index is 11.2. The molecule has 0 saturated carbocycles. The van der Waals surface area contributed by atoms with Crippen LogP contribution in [0.4, 0.5) is 5.69 Å². The lowest BCUT2D eigenvalue weighted by Crippen LogP contribution is -2.24. The summed E-state index contributed by atoms with van der Waals surface area (Å²) in [5.41, 5.74) is 0.832. The smallest absolute Gasteiger partial charge is 0.226 e. The Balaban J connectivity index is 2.83. The zero-order valence-electron chi connectivity index (χ0n) is 7.46. The number of carbonyl (C=O) groups excluding carboxylic acids is 1. The van der Waals surface area contributed by atoms with Crippen molar-refractivity contribution in [3.8, 4) is 0 Å². The predicted molar refractivity (Wildman–Crippen MR) is 54.8 cm³/mol. The van der Waals surface area contributed by atoms with Crippen molar-refractivity contribution in [2.75, 3.05) is 11.9 Å². The number of nitrogens with zero attached hydrogens (tertiary/aromatic N) is 1. The summed E-state index contributed by atoms with van der Waals surface area (Å²) in [6, 6.07) is 7.11. The van der Waals surface area contributed by atoms with E-state index >= 15 is 0 Å². The van der Waals surface area contributed by atoms with Crippen LogP contribution in [0.3, 0.4) is 0 Å². The normalized spacial score (nSPS) is 9.77. The Labute approximate surface area is 83.1 Å². The van der Waals surface area contributed by atoms with Crippen LogP contribution in [-0.4, -0.2) is 13.0 Å². The van der Waals surface area contributed by atoms with Gasteiger partial charge in [-0.3, -0.25) is 4.79 Å². The molecule has 0 spiro atoms. The third kappa shape index (κ3) is 2.46. The van der Waals surface area contributed by atoms with Crippen LogP contribution in [-0.2, 0) is 4.79 Å². The molecule has 13 heavy (non-hydrogen) atoms. The number of anilines is 1. The van der Waals surface area contributed by atoms with Crippen molar-refractivity contribution in [2.45, 2.75) is 6.42 Å². The van der Waals surface area contributed by atoms with Crippen LogP contribution in [0.2, 0.25) is 5.02 Å². The van der Waals surface area contributed by atoms with Gasteiger partial charge >= 0.3 is 0 Å². The zero-order chi connectivity index (χ0) is 9.84. The van der Waals surface area contributed by atoms with Gasteiger partial charge in [0.05, 0.1) is 0 Å². The van der Waals surface area contributed by atoms with E-state index in [0.29, 0.717) is 5.02 Å². The van der Waals surface area contributed by atoms with Gasteiger partial charge in [0.25, 0.3) is 0 Å². The van der Waals surface area contributed by atoms with Gasteiger partial charge in [-0.25, -0.2) is 0 Å². The number of carbonyl (C=O) groups is 1. The highest BCUT2D eigenvalue weighted by Crippen LogP contribution is 2.17. The van der Waals surface area contributed by atoms with Crippen LogP contribution in [0.25, 0.3) is 0 Å². The van der Waals surface area contributed by atoms with Crippen molar-refractivity contribution in [2.24, 2.45) is 0 Å². The van der Waals surface area contributed by atoms with E-state index in [-0.39, 0.29) is 12.3 Å². The van der Waals surface area contributed by atoms with Gasteiger partial charge in [-0.2, -0.15) is 0 Å². The fraction of sp³-hybridized carbons (Fsp3) is 0.200. The van der Waals surface area contributed by atoms with Crippen molar-refractivity contribution in [3.05, 3.63) is 36.2 Å². The van der Waals surface area contributed by atoms with Gasteiger partial charge in [-0.1, -0.05) is 11.6 Å². The molecule has 1 rings (SSSR count). The molecule has 0 aromatic heterocycles. The van der Waals surface area contributed by atoms with E-state index in [4.69, 9.17) is 11.6 Å². The van der Waals surface area contributed by atoms with E-state index in [1.165, 1.54) is 0 Å². The van der Waals surface area contributed by atoms with Crippen molar-refractivity contribution in [1.82, 2.24) is 0 Å². The summed E-state index contributed by atoms with van der Waals surface area (Å²) in [5.74, 6) is -0.0117. The van der Waals surface area contributed by atoms with E-state index in [9.17, 15) is 4.79 Å². The van der Waals surface area contributed by atoms with E-state index in [0.717, 1.165) is 5.69 Å². The predicted octanol–water partition coefficient (Wildman–Crippen LogP) is 2.53. The Morgan fingerprint density at radius 3 is 2.46 bits per heavy atom. The summed E-state index contributed by atoms with van der Waals surface area (Å²) in [4.78, 5) is 12.8. The Kier molecular flexibility index (Phi) is 3.32. The number of benzene rings is 1. The molecule has 1 aromatic rings. The van der Waals surface area contributed by atoms with Crippen molar-refractivity contribution in [3.63, 3.8) is 0 Å². The van der Waals surface area contributed by atoms with Crippen LogP contribution in [0, 0.1) is 6.92 Å². The summed E-state index contributed by atoms with van der Waals surface area (Å²) < 4.78 is 0. The Bertz CT molecular complexity index is 294. The average Bonchev–Trinajstić information content (AvgIpc) is 2.17. The third-order valence-corrected chi connectivity index (χ3v) is 2.05. The standard InChI is InChI=1S/C10H11ClNO/c1-3-10(13)12(2)9-6-4-8(11)5-7-9/h4-7H,1,3H2,2H3. The monoisotopic (exact) mass is 196 g/mol. The molecule has 0 fully saturated rings. The van der Waals surface area contributed by atoms with E-state index < -0.39 is 0 Å². The second-order valence-corrected chi connectivity index (χ2v) is 3.12.